The lowest BCUT2D eigenvalue weighted by Gasteiger charge is -2.33. The Morgan fingerprint density at radius 1 is 0.841 bits per heavy atom. The van der Waals surface area contributed by atoms with Crippen LogP contribution in [0.15, 0.2) is 83.8 Å². The zero-order valence-corrected chi connectivity index (χ0v) is 25.9. The van der Waals surface area contributed by atoms with E-state index in [9.17, 15) is 22.8 Å². The van der Waals surface area contributed by atoms with Crippen molar-refractivity contribution in [2.45, 2.75) is 44.1 Å². The van der Waals surface area contributed by atoms with Crippen molar-refractivity contribution in [1.82, 2.24) is 15.5 Å². The first-order valence-corrected chi connectivity index (χ1v) is 15.9. The Hall–Kier alpha value is -4.58. The van der Waals surface area contributed by atoms with Crippen molar-refractivity contribution in [2.75, 3.05) is 36.2 Å². The van der Waals surface area contributed by atoms with Crippen LogP contribution < -0.4 is 20.7 Å². The molecule has 4 N–H and O–H groups in total. The number of likely N-dealkylation sites (tertiary alicyclic amines) is 1. The van der Waals surface area contributed by atoms with Gasteiger partial charge in [0.1, 0.15) is 5.60 Å². The molecule has 1 fully saturated rings. The third kappa shape index (κ3) is 9.46. The van der Waals surface area contributed by atoms with Crippen molar-refractivity contribution in [3.8, 4) is 0 Å². The molecule has 0 saturated carbocycles. The van der Waals surface area contributed by atoms with Gasteiger partial charge in [0.2, 0.25) is 5.91 Å². The molecule has 234 valence electrons. The summed E-state index contributed by atoms with van der Waals surface area (Å²) in [5.74, 6) is -0.614. The maximum absolute atomic E-state index is 13.1. The second-order valence-electron chi connectivity index (χ2n) is 11.6. The van der Waals surface area contributed by atoms with E-state index < -0.39 is 21.5 Å². The molecule has 1 aliphatic heterocycles. The highest BCUT2D eigenvalue weighted by Gasteiger charge is 2.27. The molecule has 0 spiro atoms. The first-order chi connectivity index (χ1) is 20.9. The van der Waals surface area contributed by atoms with Crippen molar-refractivity contribution in [3.05, 3.63) is 84.4 Å². The number of para-hydroxylation sites is 3. The van der Waals surface area contributed by atoms with E-state index in [1.165, 1.54) is 24.3 Å². The topological polar surface area (TPSA) is 146 Å². The van der Waals surface area contributed by atoms with Crippen LogP contribution >= 0.6 is 0 Å². The minimum Gasteiger partial charge on any atom is -0.444 e. The smallest absolute Gasteiger partial charge is 0.410 e. The summed E-state index contributed by atoms with van der Waals surface area (Å²) >= 11 is 0. The number of hydrogen-bond acceptors (Lipinski definition) is 7. The molecule has 0 bridgehead atoms. The van der Waals surface area contributed by atoms with Gasteiger partial charge in [0, 0.05) is 30.9 Å². The highest BCUT2D eigenvalue weighted by molar-refractivity contribution is 7.92. The minimum absolute atomic E-state index is 0.0148. The first kappa shape index (κ1) is 32.3. The number of piperidine rings is 1. The number of anilines is 3. The SMILES string of the molecule is CC(C)(C)OC(=O)N1CCC(CNC(=O)CNC(=O)c2ccc(S(=O)(=O)Nc3ccccc3Nc3ccccc3)cc2)CC1. The van der Waals surface area contributed by atoms with Gasteiger partial charge in [0.25, 0.3) is 15.9 Å². The number of hydrogen-bond donors (Lipinski definition) is 4. The number of benzene rings is 3. The third-order valence-corrected chi connectivity index (χ3v) is 8.30. The van der Waals surface area contributed by atoms with E-state index in [1.807, 2.05) is 51.1 Å². The largest absolute Gasteiger partial charge is 0.444 e. The average molecular weight is 622 g/mol. The molecule has 12 heteroatoms. The van der Waals surface area contributed by atoms with Crippen LogP contribution in [0.3, 0.4) is 0 Å². The second kappa shape index (κ2) is 14.3. The molecule has 11 nitrogen and oxygen atoms in total. The summed E-state index contributed by atoms with van der Waals surface area (Å²) in [4.78, 5) is 38.8. The average Bonchev–Trinajstić information content (AvgIpc) is 2.99. The lowest BCUT2D eigenvalue weighted by atomic mass is 9.97. The third-order valence-electron chi connectivity index (χ3n) is 6.91. The van der Waals surface area contributed by atoms with Gasteiger partial charge in [-0.25, -0.2) is 13.2 Å². The van der Waals surface area contributed by atoms with E-state index in [1.54, 1.807) is 29.2 Å². The van der Waals surface area contributed by atoms with Crippen LogP contribution in [0.4, 0.5) is 21.9 Å². The van der Waals surface area contributed by atoms with Gasteiger partial charge in [-0.3, -0.25) is 14.3 Å². The molecule has 1 aliphatic rings. The summed E-state index contributed by atoms with van der Waals surface area (Å²) in [5, 5.41) is 8.60. The molecule has 1 heterocycles. The van der Waals surface area contributed by atoms with Crippen LogP contribution in [-0.4, -0.2) is 63.0 Å². The van der Waals surface area contributed by atoms with Crippen LogP contribution in [-0.2, 0) is 19.6 Å². The highest BCUT2D eigenvalue weighted by atomic mass is 32.2. The lowest BCUT2D eigenvalue weighted by Crippen LogP contribution is -2.44. The molecular weight excluding hydrogens is 582 g/mol. The van der Waals surface area contributed by atoms with Gasteiger partial charge < -0.3 is 25.6 Å². The van der Waals surface area contributed by atoms with Crippen LogP contribution in [0, 0.1) is 5.92 Å². The summed E-state index contributed by atoms with van der Waals surface area (Å²) in [6.07, 6.45) is 1.15. The van der Waals surface area contributed by atoms with Crippen LogP contribution in [0.25, 0.3) is 0 Å². The van der Waals surface area contributed by atoms with Crippen LogP contribution in [0.2, 0.25) is 0 Å². The van der Waals surface area contributed by atoms with Gasteiger partial charge in [0.05, 0.1) is 22.8 Å². The van der Waals surface area contributed by atoms with E-state index in [-0.39, 0.29) is 34.9 Å². The number of rotatable bonds is 10. The predicted octanol–water partition coefficient (Wildman–Crippen LogP) is 4.72. The summed E-state index contributed by atoms with van der Waals surface area (Å²) in [5.41, 5.74) is 1.44. The minimum atomic E-state index is -3.95. The second-order valence-corrected chi connectivity index (χ2v) is 13.2. The fourth-order valence-electron chi connectivity index (χ4n) is 4.58. The molecule has 3 amide bonds. The summed E-state index contributed by atoms with van der Waals surface area (Å²) in [7, 11) is -3.95. The Balaban J connectivity index is 1.23. The van der Waals surface area contributed by atoms with Gasteiger partial charge in [-0.05, 0) is 88.1 Å². The van der Waals surface area contributed by atoms with Crippen molar-refractivity contribution < 1.29 is 27.5 Å². The van der Waals surface area contributed by atoms with Gasteiger partial charge in [0.15, 0.2) is 0 Å². The highest BCUT2D eigenvalue weighted by Crippen LogP contribution is 2.27. The zero-order valence-electron chi connectivity index (χ0n) is 25.1. The van der Waals surface area contributed by atoms with Crippen molar-refractivity contribution in [2.24, 2.45) is 5.92 Å². The van der Waals surface area contributed by atoms with Crippen LogP contribution in [0.5, 0.6) is 0 Å². The number of amides is 3. The summed E-state index contributed by atoms with van der Waals surface area (Å²) in [6, 6.07) is 21.8. The number of ether oxygens (including phenoxy) is 1. The predicted molar refractivity (Wildman–Crippen MR) is 169 cm³/mol. The van der Waals surface area contributed by atoms with Gasteiger partial charge >= 0.3 is 6.09 Å². The number of carbonyl (C=O) groups excluding carboxylic acids is 3. The normalized spacial score (nSPS) is 13.9. The standard InChI is InChI=1S/C32H39N5O6S/c1-32(2,3)43-31(40)37-19-17-23(18-20-37)21-33-29(38)22-34-30(39)24-13-15-26(16-14-24)44(41,42)36-28-12-8-7-11-27(28)35-25-9-5-4-6-10-25/h4-16,23,35-36H,17-22H2,1-3H3,(H,33,38)(H,34,39). The molecule has 0 aromatic heterocycles. The van der Waals surface area contributed by atoms with Gasteiger partial charge in [-0.1, -0.05) is 30.3 Å². The van der Waals surface area contributed by atoms with Crippen molar-refractivity contribution >= 4 is 45.0 Å². The summed E-state index contributed by atoms with van der Waals surface area (Å²) < 4.78 is 34.2. The van der Waals surface area contributed by atoms with Crippen molar-refractivity contribution in [1.29, 1.82) is 0 Å². The maximum Gasteiger partial charge on any atom is 0.410 e. The maximum atomic E-state index is 13.1. The first-order valence-electron chi connectivity index (χ1n) is 14.5. The Morgan fingerprint density at radius 2 is 1.45 bits per heavy atom. The van der Waals surface area contributed by atoms with Crippen LogP contribution in [0.1, 0.15) is 44.0 Å². The molecule has 0 radical (unpaired) electrons. The number of sulfonamides is 1. The quantitative estimate of drug-likeness (QED) is 0.256. The fourth-order valence-corrected chi connectivity index (χ4v) is 5.66. The van der Waals surface area contributed by atoms with Gasteiger partial charge in [-0.15, -0.1) is 0 Å². The molecule has 0 unspecified atom stereocenters. The van der Waals surface area contributed by atoms with E-state index >= 15 is 0 Å². The van der Waals surface area contributed by atoms with E-state index in [0.717, 1.165) is 18.5 Å². The number of nitrogens with zero attached hydrogens (tertiary/aromatic N) is 1. The Labute approximate surface area is 258 Å². The Morgan fingerprint density at radius 3 is 2.09 bits per heavy atom. The molecule has 44 heavy (non-hydrogen) atoms. The molecular formula is C32H39N5O6S. The molecule has 0 atom stereocenters. The Bertz CT molecular complexity index is 1550. The fraction of sp³-hybridized carbons (Fsp3) is 0.344. The van der Waals surface area contributed by atoms with E-state index in [2.05, 4.69) is 20.7 Å². The van der Waals surface area contributed by atoms with E-state index in [0.29, 0.717) is 31.0 Å². The Kier molecular flexibility index (Phi) is 10.5. The molecule has 1 saturated heterocycles. The number of carbonyl (C=O) groups is 3. The molecule has 3 aromatic carbocycles. The molecule has 0 aliphatic carbocycles. The van der Waals surface area contributed by atoms with Crippen molar-refractivity contribution in [3.63, 3.8) is 0 Å². The zero-order chi connectivity index (χ0) is 31.7. The lowest BCUT2D eigenvalue weighted by molar-refractivity contribution is -0.120. The van der Waals surface area contributed by atoms with Gasteiger partial charge in [-0.2, -0.15) is 0 Å². The van der Waals surface area contributed by atoms with E-state index in [4.69, 9.17) is 4.74 Å². The molecule has 4 rings (SSSR count). The molecule has 3 aromatic rings. The monoisotopic (exact) mass is 621 g/mol. The number of nitrogens with one attached hydrogen (secondary N) is 4. The summed E-state index contributed by atoms with van der Waals surface area (Å²) in [6.45, 7) is 6.83.